The van der Waals surface area contributed by atoms with E-state index >= 15 is 0 Å². The molecule has 2 atom stereocenters. The molecule has 1 saturated carbocycles. The Bertz CT molecular complexity index is 337. The van der Waals surface area contributed by atoms with Crippen LogP contribution in [0.25, 0.3) is 0 Å². The van der Waals surface area contributed by atoms with Gasteiger partial charge in [0.05, 0.1) is 5.92 Å². The first kappa shape index (κ1) is 11.6. The second-order valence-electron chi connectivity index (χ2n) is 4.30. The van der Waals surface area contributed by atoms with E-state index in [9.17, 15) is 4.79 Å². The number of aliphatic carboxylic acids is 1. The van der Waals surface area contributed by atoms with Gasteiger partial charge in [0.2, 0.25) is 0 Å². The maximum atomic E-state index is 11.1. The summed E-state index contributed by atoms with van der Waals surface area (Å²) in [4.78, 5) is 12.4. The van der Waals surface area contributed by atoms with Crippen molar-refractivity contribution >= 4 is 17.3 Å². The van der Waals surface area contributed by atoms with Gasteiger partial charge in [0, 0.05) is 17.5 Å². The molecule has 1 heterocycles. The molecule has 0 spiro atoms. The second-order valence-corrected chi connectivity index (χ2v) is 5.33. The average Bonchev–Trinajstić information content (AvgIpc) is 2.79. The lowest BCUT2D eigenvalue weighted by atomic mass is 9.84. The van der Waals surface area contributed by atoms with Crippen LogP contribution in [0.5, 0.6) is 0 Å². The smallest absolute Gasteiger partial charge is 0.308 e. The van der Waals surface area contributed by atoms with Gasteiger partial charge in [-0.1, -0.05) is 18.9 Å². The highest BCUT2D eigenvalue weighted by Gasteiger charge is 2.30. The van der Waals surface area contributed by atoms with Gasteiger partial charge in [0.15, 0.2) is 0 Å². The number of rotatable bonds is 4. The van der Waals surface area contributed by atoms with Gasteiger partial charge in [-0.05, 0) is 24.3 Å². The average molecular weight is 239 g/mol. The van der Waals surface area contributed by atoms with Crippen LogP contribution < -0.4 is 5.32 Å². The minimum atomic E-state index is -0.650. The van der Waals surface area contributed by atoms with E-state index in [0.717, 1.165) is 32.2 Å². The zero-order chi connectivity index (χ0) is 11.4. The standard InChI is InChI=1S/C12H17NO2S/c14-12(15)10-5-1-2-6-11(10)13-8-9-4-3-7-16-9/h3-4,7,10-11,13H,1-2,5-6,8H2,(H,14,15). The van der Waals surface area contributed by atoms with E-state index in [4.69, 9.17) is 5.11 Å². The molecule has 0 bridgehead atoms. The Balaban J connectivity index is 1.89. The molecule has 0 amide bonds. The summed E-state index contributed by atoms with van der Waals surface area (Å²) in [6.45, 7) is 0.798. The summed E-state index contributed by atoms with van der Waals surface area (Å²) in [6, 6.07) is 4.25. The minimum Gasteiger partial charge on any atom is -0.481 e. The Hall–Kier alpha value is -0.870. The van der Waals surface area contributed by atoms with Crippen LogP contribution in [0.15, 0.2) is 17.5 Å². The topological polar surface area (TPSA) is 49.3 Å². The van der Waals surface area contributed by atoms with Gasteiger partial charge in [-0.15, -0.1) is 11.3 Å². The van der Waals surface area contributed by atoms with Crippen LogP contribution >= 0.6 is 11.3 Å². The molecule has 1 aromatic heterocycles. The van der Waals surface area contributed by atoms with Gasteiger partial charge in [-0.2, -0.15) is 0 Å². The number of carboxylic acid groups (broad SMARTS) is 1. The molecule has 4 heteroatoms. The molecular formula is C12H17NO2S. The van der Waals surface area contributed by atoms with Crippen molar-refractivity contribution in [3.63, 3.8) is 0 Å². The summed E-state index contributed by atoms with van der Waals surface area (Å²) in [5, 5.41) is 14.6. The van der Waals surface area contributed by atoms with Crippen LogP contribution in [0.2, 0.25) is 0 Å². The van der Waals surface area contributed by atoms with E-state index in [1.807, 2.05) is 11.4 Å². The molecule has 3 nitrogen and oxygen atoms in total. The molecule has 0 aromatic carbocycles. The highest BCUT2D eigenvalue weighted by atomic mass is 32.1. The van der Waals surface area contributed by atoms with Crippen molar-refractivity contribution in [1.82, 2.24) is 5.32 Å². The van der Waals surface area contributed by atoms with Gasteiger partial charge in [-0.3, -0.25) is 4.79 Å². The number of thiophene rings is 1. The molecule has 0 aliphatic heterocycles. The van der Waals surface area contributed by atoms with Gasteiger partial charge in [-0.25, -0.2) is 0 Å². The summed E-state index contributed by atoms with van der Waals surface area (Å²) in [5.41, 5.74) is 0. The summed E-state index contributed by atoms with van der Waals surface area (Å²) in [7, 11) is 0. The molecule has 0 saturated heterocycles. The summed E-state index contributed by atoms with van der Waals surface area (Å²) in [6.07, 6.45) is 4.00. The molecule has 2 rings (SSSR count). The molecule has 1 aromatic rings. The largest absolute Gasteiger partial charge is 0.481 e. The molecule has 2 N–H and O–H groups in total. The van der Waals surface area contributed by atoms with Crippen molar-refractivity contribution in [2.75, 3.05) is 0 Å². The zero-order valence-corrected chi connectivity index (χ0v) is 10.0. The molecule has 0 radical (unpaired) electrons. The number of carbonyl (C=O) groups is 1. The van der Waals surface area contributed by atoms with E-state index in [1.165, 1.54) is 4.88 Å². The summed E-state index contributed by atoms with van der Waals surface area (Å²) < 4.78 is 0. The monoisotopic (exact) mass is 239 g/mol. The van der Waals surface area contributed by atoms with Crippen LogP contribution in [0, 0.1) is 5.92 Å². The lowest BCUT2D eigenvalue weighted by Crippen LogP contribution is -2.41. The van der Waals surface area contributed by atoms with Gasteiger partial charge >= 0.3 is 5.97 Å². The van der Waals surface area contributed by atoms with Crippen LogP contribution in [0.4, 0.5) is 0 Å². The van der Waals surface area contributed by atoms with Crippen LogP contribution in [-0.2, 0) is 11.3 Å². The van der Waals surface area contributed by atoms with Crippen LogP contribution in [0.3, 0.4) is 0 Å². The van der Waals surface area contributed by atoms with Crippen molar-refractivity contribution in [2.45, 2.75) is 38.3 Å². The molecule has 1 aliphatic carbocycles. The molecule has 1 fully saturated rings. The first-order valence-electron chi connectivity index (χ1n) is 5.76. The van der Waals surface area contributed by atoms with Crippen molar-refractivity contribution < 1.29 is 9.90 Å². The molecular weight excluding hydrogens is 222 g/mol. The first-order chi connectivity index (χ1) is 7.77. The van der Waals surface area contributed by atoms with E-state index in [-0.39, 0.29) is 12.0 Å². The van der Waals surface area contributed by atoms with Crippen LogP contribution in [0.1, 0.15) is 30.6 Å². The van der Waals surface area contributed by atoms with Crippen molar-refractivity contribution in [2.24, 2.45) is 5.92 Å². The van der Waals surface area contributed by atoms with E-state index in [1.54, 1.807) is 11.3 Å². The zero-order valence-electron chi connectivity index (χ0n) is 9.19. The Morgan fingerprint density at radius 2 is 2.31 bits per heavy atom. The summed E-state index contributed by atoms with van der Waals surface area (Å²) in [5.74, 6) is -0.850. The maximum Gasteiger partial charge on any atom is 0.308 e. The van der Waals surface area contributed by atoms with E-state index < -0.39 is 5.97 Å². The molecule has 16 heavy (non-hydrogen) atoms. The third-order valence-corrected chi connectivity index (χ3v) is 4.08. The lowest BCUT2D eigenvalue weighted by molar-refractivity contribution is -0.143. The quantitative estimate of drug-likeness (QED) is 0.848. The highest BCUT2D eigenvalue weighted by Crippen LogP contribution is 2.25. The number of nitrogens with one attached hydrogen (secondary N) is 1. The molecule has 88 valence electrons. The lowest BCUT2D eigenvalue weighted by Gasteiger charge is -2.29. The van der Waals surface area contributed by atoms with Gasteiger partial charge < -0.3 is 10.4 Å². The fourth-order valence-electron chi connectivity index (χ4n) is 2.32. The third-order valence-electron chi connectivity index (χ3n) is 3.20. The predicted octanol–water partition coefficient (Wildman–Crippen LogP) is 2.48. The highest BCUT2D eigenvalue weighted by molar-refractivity contribution is 7.09. The predicted molar refractivity (Wildman–Crippen MR) is 64.5 cm³/mol. The van der Waals surface area contributed by atoms with E-state index in [2.05, 4.69) is 11.4 Å². The number of carboxylic acids is 1. The van der Waals surface area contributed by atoms with Crippen molar-refractivity contribution in [1.29, 1.82) is 0 Å². The van der Waals surface area contributed by atoms with Gasteiger partial charge in [0.25, 0.3) is 0 Å². The first-order valence-corrected chi connectivity index (χ1v) is 6.64. The van der Waals surface area contributed by atoms with Crippen molar-refractivity contribution in [3.8, 4) is 0 Å². The normalized spacial score (nSPS) is 25.5. The molecule has 1 aliphatic rings. The second kappa shape index (κ2) is 5.46. The summed E-state index contributed by atoms with van der Waals surface area (Å²) >= 11 is 1.71. The Kier molecular flexibility index (Phi) is 3.96. The van der Waals surface area contributed by atoms with Crippen molar-refractivity contribution in [3.05, 3.63) is 22.4 Å². The van der Waals surface area contributed by atoms with Gasteiger partial charge in [0.1, 0.15) is 0 Å². The third kappa shape index (κ3) is 2.83. The van der Waals surface area contributed by atoms with E-state index in [0.29, 0.717) is 0 Å². The number of hydrogen-bond acceptors (Lipinski definition) is 3. The molecule has 2 unspecified atom stereocenters. The SMILES string of the molecule is O=C(O)C1CCCCC1NCc1cccs1. The Labute approximate surface area is 99.5 Å². The Morgan fingerprint density at radius 1 is 1.50 bits per heavy atom. The fourth-order valence-corrected chi connectivity index (χ4v) is 2.97. The number of hydrogen-bond donors (Lipinski definition) is 2. The Morgan fingerprint density at radius 3 is 3.00 bits per heavy atom. The minimum absolute atomic E-state index is 0.147. The maximum absolute atomic E-state index is 11.1. The fraction of sp³-hybridized carbons (Fsp3) is 0.583. The van der Waals surface area contributed by atoms with Crippen LogP contribution in [-0.4, -0.2) is 17.1 Å².